The lowest BCUT2D eigenvalue weighted by molar-refractivity contribution is 0.708. The smallest absolute Gasteiger partial charge is 0.131 e. The lowest BCUT2D eigenvalue weighted by Crippen LogP contribution is -2.04. The lowest BCUT2D eigenvalue weighted by Gasteiger charge is -2.05. The van der Waals surface area contributed by atoms with Crippen LogP contribution in [0.4, 0.5) is 5.82 Å². The lowest BCUT2D eigenvalue weighted by atomic mass is 10.1. The Morgan fingerprint density at radius 1 is 1.29 bits per heavy atom. The number of aromatic nitrogens is 3. The van der Waals surface area contributed by atoms with Gasteiger partial charge >= 0.3 is 0 Å². The zero-order chi connectivity index (χ0) is 14.4. The predicted octanol–water partition coefficient (Wildman–Crippen LogP) is 3.58. The van der Waals surface area contributed by atoms with Crippen molar-refractivity contribution in [3.8, 4) is 11.3 Å². The van der Waals surface area contributed by atoms with Crippen molar-refractivity contribution in [2.45, 2.75) is 32.2 Å². The van der Waals surface area contributed by atoms with Crippen molar-refractivity contribution in [2.75, 3.05) is 5.73 Å². The van der Waals surface area contributed by atoms with Crippen LogP contribution in [0.1, 0.15) is 31.5 Å². The van der Waals surface area contributed by atoms with Crippen LogP contribution in [0.3, 0.4) is 0 Å². The molecule has 1 aromatic carbocycles. The van der Waals surface area contributed by atoms with E-state index < -0.39 is 0 Å². The van der Waals surface area contributed by atoms with Gasteiger partial charge in [0.2, 0.25) is 0 Å². The number of imidazole rings is 1. The molecule has 1 saturated carbocycles. The second-order valence-electron chi connectivity index (χ2n) is 5.63. The van der Waals surface area contributed by atoms with Crippen molar-refractivity contribution < 1.29 is 0 Å². The fourth-order valence-electron chi connectivity index (χ4n) is 2.90. The molecule has 1 fully saturated rings. The molecule has 0 amide bonds. The minimum Gasteiger partial charge on any atom is -0.383 e. The summed E-state index contributed by atoms with van der Waals surface area (Å²) in [6.07, 6.45) is 4.28. The Hall–Kier alpha value is -2.36. The second kappa shape index (κ2) is 4.58. The molecular weight excluding hydrogens is 260 g/mol. The van der Waals surface area contributed by atoms with Gasteiger partial charge in [0.1, 0.15) is 17.3 Å². The van der Waals surface area contributed by atoms with Gasteiger partial charge in [0.05, 0.1) is 5.52 Å². The number of fused-ring (bicyclic) bond motifs is 1. The van der Waals surface area contributed by atoms with Crippen molar-refractivity contribution in [3.05, 3.63) is 42.4 Å². The molecule has 0 bridgehead atoms. The number of benzene rings is 1. The molecule has 0 saturated heterocycles. The maximum absolute atomic E-state index is 6.34. The number of hydrogen-bond donors (Lipinski definition) is 1. The van der Waals surface area contributed by atoms with Crippen LogP contribution >= 0.6 is 0 Å². The molecule has 4 nitrogen and oxygen atoms in total. The van der Waals surface area contributed by atoms with E-state index in [2.05, 4.69) is 34.7 Å². The summed E-state index contributed by atoms with van der Waals surface area (Å²) in [6.45, 7) is 3.00. The molecule has 0 spiro atoms. The van der Waals surface area contributed by atoms with Crippen LogP contribution < -0.4 is 5.73 Å². The number of pyridine rings is 1. The second-order valence-corrected chi connectivity index (χ2v) is 5.63. The minimum absolute atomic E-state index is 0.600. The van der Waals surface area contributed by atoms with E-state index in [1.54, 1.807) is 0 Å². The normalized spacial score (nSPS) is 14.7. The first-order valence-corrected chi connectivity index (χ1v) is 7.49. The first kappa shape index (κ1) is 12.4. The van der Waals surface area contributed by atoms with Gasteiger partial charge in [-0.15, -0.1) is 0 Å². The van der Waals surface area contributed by atoms with E-state index >= 15 is 0 Å². The largest absolute Gasteiger partial charge is 0.383 e. The molecule has 0 aliphatic heterocycles. The van der Waals surface area contributed by atoms with E-state index in [0.717, 1.165) is 40.3 Å². The van der Waals surface area contributed by atoms with Crippen molar-refractivity contribution in [3.63, 3.8) is 0 Å². The number of nitrogens with two attached hydrogens (primary N) is 1. The number of rotatable bonds is 3. The zero-order valence-electron chi connectivity index (χ0n) is 12.1. The fraction of sp³-hybridized carbons (Fsp3) is 0.294. The summed E-state index contributed by atoms with van der Waals surface area (Å²) in [5.41, 5.74) is 9.32. The van der Waals surface area contributed by atoms with E-state index in [0.29, 0.717) is 5.92 Å². The molecule has 0 atom stereocenters. The van der Waals surface area contributed by atoms with Gasteiger partial charge in [0.15, 0.2) is 0 Å². The SMILES string of the molecule is CCn1c(C2CC2)nc(-c2ccc3ncccc3c2)c1N. The van der Waals surface area contributed by atoms with E-state index in [1.807, 2.05) is 18.3 Å². The Morgan fingerprint density at radius 3 is 2.90 bits per heavy atom. The van der Waals surface area contributed by atoms with Gasteiger partial charge in [-0.3, -0.25) is 4.98 Å². The third-order valence-electron chi connectivity index (χ3n) is 4.17. The molecule has 2 N–H and O–H groups in total. The van der Waals surface area contributed by atoms with E-state index in [-0.39, 0.29) is 0 Å². The monoisotopic (exact) mass is 278 g/mol. The van der Waals surface area contributed by atoms with Crippen LogP contribution in [0.2, 0.25) is 0 Å². The predicted molar refractivity (Wildman–Crippen MR) is 85.0 cm³/mol. The van der Waals surface area contributed by atoms with E-state index in [1.165, 1.54) is 12.8 Å². The maximum Gasteiger partial charge on any atom is 0.131 e. The van der Waals surface area contributed by atoms with E-state index in [4.69, 9.17) is 10.7 Å². The highest BCUT2D eigenvalue weighted by atomic mass is 15.1. The Kier molecular flexibility index (Phi) is 2.70. The third-order valence-corrected chi connectivity index (χ3v) is 4.17. The van der Waals surface area contributed by atoms with Gasteiger partial charge in [-0.25, -0.2) is 4.98 Å². The molecular formula is C17H18N4. The third kappa shape index (κ3) is 1.98. The molecule has 0 radical (unpaired) electrons. The highest BCUT2D eigenvalue weighted by Crippen LogP contribution is 2.42. The highest BCUT2D eigenvalue weighted by Gasteiger charge is 2.30. The van der Waals surface area contributed by atoms with E-state index in [9.17, 15) is 0 Å². The summed E-state index contributed by atoms with van der Waals surface area (Å²) in [7, 11) is 0. The molecule has 2 heterocycles. The van der Waals surface area contributed by atoms with Crippen molar-refractivity contribution >= 4 is 16.7 Å². The zero-order valence-corrected chi connectivity index (χ0v) is 12.1. The molecule has 1 aliphatic carbocycles. The van der Waals surface area contributed by atoms with Gasteiger partial charge in [-0.05, 0) is 38.0 Å². The van der Waals surface area contributed by atoms with Crippen LogP contribution in [-0.2, 0) is 6.54 Å². The van der Waals surface area contributed by atoms with Gasteiger partial charge in [0, 0.05) is 29.6 Å². The maximum atomic E-state index is 6.34. The molecule has 106 valence electrons. The topological polar surface area (TPSA) is 56.7 Å². The average molecular weight is 278 g/mol. The van der Waals surface area contributed by atoms with Gasteiger partial charge in [-0.1, -0.05) is 12.1 Å². The number of nitrogen functional groups attached to an aromatic ring is 1. The van der Waals surface area contributed by atoms with Crippen LogP contribution in [0.15, 0.2) is 36.5 Å². The van der Waals surface area contributed by atoms with Crippen LogP contribution in [0.5, 0.6) is 0 Å². The first-order valence-electron chi connectivity index (χ1n) is 7.49. The first-order chi connectivity index (χ1) is 10.3. The van der Waals surface area contributed by atoms with Crippen molar-refractivity contribution in [1.82, 2.24) is 14.5 Å². The van der Waals surface area contributed by atoms with Crippen molar-refractivity contribution in [2.24, 2.45) is 0 Å². The Morgan fingerprint density at radius 2 is 2.14 bits per heavy atom. The summed E-state index contributed by atoms with van der Waals surface area (Å²) in [5, 5.41) is 1.12. The summed E-state index contributed by atoms with van der Waals surface area (Å²) >= 11 is 0. The van der Waals surface area contributed by atoms with Gasteiger partial charge in [-0.2, -0.15) is 0 Å². The van der Waals surface area contributed by atoms with Crippen molar-refractivity contribution in [1.29, 1.82) is 0 Å². The average Bonchev–Trinajstić information content (AvgIpc) is 3.30. The molecule has 21 heavy (non-hydrogen) atoms. The molecule has 0 unspecified atom stereocenters. The van der Waals surface area contributed by atoms with Crippen LogP contribution in [-0.4, -0.2) is 14.5 Å². The molecule has 2 aromatic heterocycles. The Bertz CT molecular complexity index is 815. The number of nitrogens with zero attached hydrogens (tertiary/aromatic N) is 3. The van der Waals surface area contributed by atoms with Gasteiger partial charge in [0.25, 0.3) is 0 Å². The number of anilines is 1. The summed E-state index contributed by atoms with van der Waals surface area (Å²) in [5.74, 6) is 2.53. The number of hydrogen-bond acceptors (Lipinski definition) is 3. The van der Waals surface area contributed by atoms with Gasteiger partial charge < -0.3 is 10.3 Å². The summed E-state index contributed by atoms with van der Waals surface area (Å²) in [6, 6.07) is 10.2. The fourth-order valence-corrected chi connectivity index (χ4v) is 2.90. The Balaban J connectivity index is 1.87. The molecule has 1 aliphatic rings. The quantitative estimate of drug-likeness (QED) is 0.796. The summed E-state index contributed by atoms with van der Waals surface area (Å²) in [4.78, 5) is 9.20. The molecule has 3 aromatic rings. The molecule has 4 rings (SSSR count). The standard InChI is InChI=1S/C17H18N4/c1-2-21-16(18)15(20-17(21)11-5-6-11)13-7-8-14-12(10-13)4-3-9-19-14/h3-4,7-11H,2,5-6,18H2,1H3. The van der Waals surface area contributed by atoms with Crippen LogP contribution in [0, 0.1) is 0 Å². The summed E-state index contributed by atoms with van der Waals surface area (Å²) < 4.78 is 2.15. The Labute approximate surface area is 123 Å². The van der Waals surface area contributed by atoms with Crippen LogP contribution in [0.25, 0.3) is 22.2 Å². The molecule has 4 heteroatoms. The minimum atomic E-state index is 0.600. The highest BCUT2D eigenvalue weighted by molar-refractivity contribution is 5.85.